The maximum atomic E-state index is 12.4. The van der Waals surface area contributed by atoms with Crippen molar-refractivity contribution in [2.45, 2.75) is 4.90 Å². The second-order valence-electron chi connectivity index (χ2n) is 6.28. The van der Waals surface area contributed by atoms with Crippen LogP contribution in [0.4, 0.5) is 11.5 Å². The van der Waals surface area contributed by atoms with Gasteiger partial charge in [-0.05, 0) is 60.7 Å². The number of hydrogen-bond acceptors (Lipinski definition) is 6. The van der Waals surface area contributed by atoms with Crippen molar-refractivity contribution < 1.29 is 22.7 Å². The first-order valence-electron chi connectivity index (χ1n) is 9.16. The number of anilines is 2. The molecule has 31 heavy (non-hydrogen) atoms. The molecule has 0 radical (unpaired) electrons. The van der Waals surface area contributed by atoms with Crippen LogP contribution in [0.3, 0.4) is 0 Å². The lowest BCUT2D eigenvalue weighted by molar-refractivity contribution is -0.111. The van der Waals surface area contributed by atoms with E-state index in [-0.39, 0.29) is 16.6 Å². The molecule has 0 aliphatic rings. The van der Waals surface area contributed by atoms with Crippen LogP contribution in [0.5, 0.6) is 11.5 Å². The number of sulfonamides is 1. The van der Waals surface area contributed by atoms with E-state index in [1.807, 2.05) is 0 Å². The topological polar surface area (TPSA) is 107 Å². The third-order valence-corrected chi connectivity index (χ3v) is 5.56. The van der Waals surface area contributed by atoms with Crippen LogP contribution in [0.15, 0.2) is 77.8 Å². The Kier molecular flexibility index (Phi) is 6.88. The van der Waals surface area contributed by atoms with Gasteiger partial charge in [-0.25, -0.2) is 13.4 Å². The predicted molar refractivity (Wildman–Crippen MR) is 119 cm³/mol. The van der Waals surface area contributed by atoms with Crippen LogP contribution in [0.2, 0.25) is 0 Å². The van der Waals surface area contributed by atoms with Crippen LogP contribution < -0.4 is 19.5 Å². The van der Waals surface area contributed by atoms with Gasteiger partial charge in [0.15, 0.2) is 0 Å². The van der Waals surface area contributed by atoms with E-state index in [4.69, 9.17) is 9.47 Å². The molecule has 1 aromatic heterocycles. The number of carbonyl (C=O) groups excluding carboxylic acids is 1. The lowest BCUT2D eigenvalue weighted by atomic mass is 10.1. The summed E-state index contributed by atoms with van der Waals surface area (Å²) >= 11 is 0. The SMILES string of the molecule is COc1ccc(OC)c(/C=C/C(=O)Nc2ccc(S(=O)(=O)Nc3ccccn3)cc2)c1. The highest BCUT2D eigenvalue weighted by Gasteiger charge is 2.14. The molecule has 0 atom stereocenters. The third kappa shape index (κ3) is 5.83. The third-order valence-electron chi connectivity index (χ3n) is 4.19. The molecule has 1 amide bonds. The van der Waals surface area contributed by atoms with E-state index in [2.05, 4.69) is 15.0 Å². The maximum absolute atomic E-state index is 12.4. The Balaban J connectivity index is 1.67. The highest BCUT2D eigenvalue weighted by Crippen LogP contribution is 2.25. The molecule has 0 saturated heterocycles. The Morgan fingerprint density at radius 2 is 1.77 bits per heavy atom. The van der Waals surface area contributed by atoms with E-state index >= 15 is 0 Å². The Morgan fingerprint density at radius 1 is 1.00 bits per heavy atom. The van der Waals surface area contributed by atoms with Gasteiger partial charge in [0.1, 0.15) is 17.3 Å². The molecule has 2 N–H and O–H groups in total. The molecule has 0 unspecified atom stereocenters. The van der Waals surface area contributed by atoms with E-state index in [0.717, 1.165) is 0 Å². The number of nitrogens with one attached hydrogen (secondary N) is 2. The number of amides is 1. The molecule has 0 aliphatic heterocycles. The molecule has 9 heteroatoms. The summed E-state index contributed by atoms with van der Waals surface area (Å²) in [6, 6.07) is 16.0. The predicted octanol–water partition coefficient (Wildman–Crippen LogP) is 3.55. The van der Waals surface area contributed by atoms with Gasteiger partial charge in [-0.2, -0.15) is 0 Å². The van der Waals surface area contributed by atoms with Crippen molar-refractivity contribution in [1.82, 2.24) is 4.98 Å². The fourth-order valence-electron chi connectivity index (χ4n) is 2.66. The van der Waals surface area contributed by atoms with Gasteiger partial charge in [-0.3, -0.25) is 9.52 Å². The molecule has 8 nitrogen and oxygen atoms in total. The number of pyridine rings is 1. The summed E-state index contributed by atoms with van der Waals surface area (Å²) in [5.74, 6) is 1.07. The summed E-state index contributed by atoms with van der Waals surface area (Å²) < 4.78 is 37.7. The number of rotatable bonds is 8. The number of methoxy groups -OCH3 is 2. The Hall–Kier alpha value is -3.85. The highest BCUT2D eigenvalue weighted by atomic mass is 32.2. The molecule has 0 spiro atoms. The van der Waals surface area contributed by atoms with Crippen molar-refractivity contribution >= 4 is 33.5 Å². The van der Waals surface area contributed by atoms with E-state index in [0.29, 0.717) is 22.7 Å². The zero-order valence-corrected chi connectivity index (χ0v) is 17.7. The molecule has 0 bridgehead atoms. The largest absolute Gasteiger partial charge is 0.497 e. The van der Waals surface area contributed by atoms with Gasteiger partial charge in [0.05, 0.1) is 19.1 Å². The quantitative estimate of drug-likeness (QED) is 0.520. The zero-order chi connectivity index (χ0) is 22.3. The van der Waals surface area contributed by atoms with Gasteiger partial charge in [-0.1, -0.05) is 6.07 Å². The van der Waals surface area contributed by atoms with Crippen LogP contribution in [0, 0.1) is 0 Å². The number of nitrogens with zero attached hydrogens (tertiary/aromatic N) is 1. The van der Waals surface area contributed by atoms with Crippen LogP contribution in [-0.2, 0) is 14.8 Å². The molecule has 0 saturated carbocycles. The Morgan fingerprint density at radius 3 is 2.42 bits per heavy atom. The van der Waals surface area contributed by atoms with E-state index in [1.165, 1.54) is 43.6 Å². The minimum absolute atomic E-state index is 0.0489. The minimum Gasteiger partial charge on any atom is -0.497 e. The monoisotopic (exact) mass is 439 g/mol. The van der Waals surface area contributed by atoms with Crippen molar-refractivity contribution in [2.75, 3.05) is 24.3 Å². The Bertz CT molecular complexity index is 1180. The lowest BCUT2D eigenvalue weighted by Crippen LogP contribution is -2.14. The fourth-order valence-corrected chi connectivity index (χ4v) is 3.66. The summed E-state index contributed by atoms with van der Waals surface area (Å²) in [6.07, 6.45) is 4.45. The number of aromatic nitrogens is 1. The molecule has 2 aromatic carbocycles. The molecular weight excluding hydrogens is 418 g/mol. The molecule has 0 fully saturated rings. The van der Waals surface area contributed by atoms with Crippen molar-refractivity contribution in [3.8, 4) is 11.5 Å². The van der Waals surface area contributed by atoms with E-state index in [9.17, 15) is 13.2 Å². The van der Waals surface area contributed by atoms with Crippen LogP contribution in [0.25, 0.3) is 6.08 Å². The van der Waals surface area contributed by atoms with Crippen molar-refractivity contribution in [3.05, 3.63) is 78.5 Å². The summed E-state index contributed by atoms with van der Waals surface area (Å²) in [5.41, 5.74) is 1.13. The van der Waals surface area contributed by atoms with Crippen molar-refractivity contribution in [1.29, 1.82) is 0 Å². The average Bonchev–Trinajstić information content (AvgIpc) is 2.78. The van der Waals surface area contributed by atoms with Gasteiger partial charge in [0.2, 0.25) is 5.91 Å². The second-order valence-corrected chi connectivity index (χ2v) is 7.96. The normalized spacial score (nSPS) is 11.2. The Labute approximate surface area is 180 Å². The second kappa shape index (κ2) is 9.77. The standard InChI is InChI=1S/C22H21N3O5S/c1-29-18-9-12-20(30-2)16(15-18)6-13-22(26)24-17-7-10-19(11-8-17)31(27,28)25-21-5-3-4-14-23-21/h3-15H,1-2H3,(H,23,25)(H,24,26)/b13-6+. The van der Waals surface area contributed by atoms with Crippen molar-refractivity contribution in [3.63, 3.8) is 0 Å². The smallest absolute Gasteiger partial charge is 0.263 e. The summed E-state index contributed by atoms with van der Waals surface area (Å²) in [4.78, 5) is 16.2. The first-order valence-corrected chi connectivity index (χ1v) is 10.6. The summed E-state index contributed by atoms with van der Waals surface area (Å²) in [5, 5.41) is 2.68. The summed E-state index contributed by atoms with van der Waals surface area (Å²) in [6.45, 7) is 0. The summed E-state index contributed by atoms with van der Waals surface area (Å²) in [7, 11) is -0.692. The van der Waals surface area contributed by atoms with Gasteiger partial charge in [-0.15, -0.1) is 0 Å². The number of benzene rings is 2. The number of carbonyl (C=O) groups is 1. The molecule has 160 valence electrons. The zero-order valence-electron chi connectivity index (χ0n) is 16.9. The van der Waals surface area contributed by atoms with Gasteiger partial charge in [0.25, 0.3) is 10.0 Å². The first-order chi connectivity index (χ1) is 14.9. The van der Waals surface area contributed by atoms with Crippen LogP contribution in [0.1, 0.15) is 5.56 Å². The average molecular weight is 439 g/mol. The van der Waals surface area contributed by atoms with Gasteiger partial charge in [0, 0.05) is 23.5 Å². The number of ether oxygens (including phenoxy) is 2. The van der Waals surface area contributed by atoms with Crippen LogP contribution in [-0.4, -0.2) is 33.5 Å². The molecular formula is C22H21N3O5S. The minimum atomic E-state index is -3.78. The van der Waals surface area contributed by atoms with Gasteiger partial charge < -0.3 is 14.8 Å². The van der Waals surface area contributed by atoms with Crippen molar-refractivity contribution in [2.24, 2.45) is 0 Å². The van der Waals surface area contributed by atoms with Gasteiger partial charge >= 0.3 is 0 Å². The van der Waals surface area contributed by atoms with E-state index in [1.54, 1.807) is 49.6 Å². The lowest BCUT2D eigenvalue weighted by Gasteiger charge is -2.08. The number of hydrogen-bond donors (Lipinski definition) is 2. The fraction of sp³-hybridized carbons (Fsp3) is 0.0909. The molecule has 1 heterocycles. The molecule has 3 rings (SSSR count). The van der Waals surface area contributed by atoms with Crippen LogP contribution >= 0.6 is 0 Å². The van der Waals surface area contributed by atoms with E-state index < -0.39 is 10.0 Å². The first kappa shape index (κ1) is 21.8. The molecule has 0 aliphatic carbocycles. The maximum Gasteiger partial charge on any atom is 0.263 e. The highest BCUT2D eigenvalue weighted by molar-refractivity contribution is 7.92. The molecule has 3 aromatic rings.